The van der Waals surface area contributed by atoms with Gasteiger partial charge in [-0.15, -0.1) is 0 Å². The topological polar surface area (TPSA) is 97.2 Å². The molecule has 0 aliphatic rings. The molecule has 0 unspecified atom stereocenters. The number of carbonyl (C=O) groups is 2. The van der Waals surface area contributed by atoms with Crippen LogP contribution in [-0.4, -0.2) is 28.1 Å². The Hall–Kier alpha value is -3.09. The molecule has 0 bridgehead atoms. The van der Waals surface area contributed by atoms with Crippen LogP contribution in [0.2, 0.25) is 0 Å². The average Bonchev–Trinajstić information content (AvgIpc) is 3.14. The van der Waals surface area contributed by atoms with Gasteiger partial charge in [0, 0.05) is 23.2 Å². The van der Waals surface area contributed by atoms with E-state index in [1.807, 2.05) is 24.3 Å². The number of benzene rings is 1. The van der Waals surface area contributed by atoms with E-state index in [1.165, 1.54) is 6.92 Å². The zero-order valence-electron chi connectivity index (χ0n) is 13.3. The van der Waals surface area contributed by atoms with Crippen molar-refractivity contribution in [3.8, 4) is 0 Å². The number of nitrogens with zero attached hydrogens (tertiary/aromatic N) is 1. The van der Waals surface area contributed by atoms with Crippen molar-refractivity contribution in [2.75, 3.05) is 5.32 Å². The molecule has 3 rings (SSSR count). The second-order valence-corrected chi connectivity index (χ2v) is 5.48. The van der Waals surface area contributed by atoms with E-state index in [2.05, 4.69) is 15.5 Å². The molecule has 0 saturated heterocycles. The van der Waals surface area contributed by atoms with E-state index < -0.39 is 18.0 Å². The minimum Gasteiger partial charge on any atom is -0.452 e. The molecule has 24 heavy (non-hydrogen) atoms. The van der Waals surface area contributed by atoms with Crippen molar-refractivity contribution in [1.82, 2.24) is 10.1 Å². The fraction of sp³-hybridized carbons (Fsp3) is 0.235. The maximum atomic E-state index is 12.1. The van der Waals surface area contributed by atoms with Gasteiger partial charge in [0.2, 0.25) is 0 Å². The summed E-state index contributed by atoms with van der Waals surface area (Å²) in [4.78, 5) is 27.2. The molecule has 2 aromatic heterocycles. The summed E-state index contributed by atoms with van der Waals surface area (Å²) < 4.78 is 10.1. The van der Waals surface area contributed by atoms with Crippen molar-refractivity contribution in [3.63, 3.8) is 0 Å². The fourth-order valence-corrected chi connectivity index (χ4v) is 2.38. The highest BCUT2D eigenvalue weighted by atomic mass is 16.5. The molecule has 0 fully saturated rings. The molecule has 124 valence electrons. The van der Waals surface area contributed by atoms with E-state index in [4.69, 9.17) is 9.26 Å². The first-order valence-electron chi connectivity index (χ1n) is 7.51. The second kappa shape index (κ2) is 6.57. The molecule has 0 radical (unpaired) electrons. The lowest BCUT2D eigenvalue weighted by Gasteiger charge is -2.12. The number of para-hydroxylation sites is 1. The molecule has 2 N–H and O–H groups in total. The Bertz CT molecular complexity index is 881. The third-order valence-electron chi connectivity index (χ3n) is 3.57. The van der Waals surface area contributed by atoms with Crippen LogP contribution in [0.1, 0.15) is 18.2 Å². The highest BCUT2D eigenvalue weighted by Crippen LogP contribution is 2.18. The average molecular weight is 327 g/mol. The number of anilines is 1. The molecule has 1 aromatic carbocycles. The largest absolute Gasteiger partial charge is 0.452 e. The predicted octanol–water partition coefficient (Wildman–Crippen LogP) is 2.58. The molecule has 7 nitrogen and oxygen atoms in total. The second-order valence-electron chi connectivity index (χ2n) is 5.48. The molecule has 0 spiro atoms. The maximum absolute atomic E-state index is 12.1. The highest BCUT2D eigenvalue weighted by molar-refractivity contribution is 5.94. The van der Waals surface area contributed by atoms with Crippen molar-refractivity contribution >= 4 is 28.6 Å². The van der Waals surface area contributed by atoms with Gasteiger partial charge in [-0.25, -0.2) is 0 Å². The van der Waals surface area contributed by atoms with Crippen molar-refractivity contribution in [3.05, 3.63) is 47.9 Å². The number of fused-ring (bicyclic) bond motifs is 1. The summed E-state index contributed by atoms with van der Waals surface area (Å²) in [6.45, 7) is 3.22. The zero-order chi connectivity index (χ0) is 17.1. The molecule has 3 aromatic rings. The Morgan fingerprint density at radius 3 is 2.92 bits per heavy atom. The van der Waals surface area contributed by atoms with Gasteiger partial charge in [0.15, 0.2) is 11.9 Å². The first-order valence-corrected chi connectivity index (χ1v) is 7.51. The normalized spacial score (nSPS) is 12.1. The molecule has 0 aliphatic carbocycles. The zero-order valence-corrected chi connectivity index (χ0v) is 13.3. The Kier molecular flexibility index (Phi) is 4.33. The molecular weight excluding hydrogens is 310 g/mol. The number of esters is 1. The van der Waals surface area contributed by atoms with Gasteiger partial charge in [-0.05, 0) is 25.5 Å². The Morgan fingerprint density at radius 2 is 2.17 bits per heavy atom. The quantitative estimate of drug-likeness (QED) is 0.702. The van der Waals surface area contributed by atoms with Gasteiger partial charge in [-0.2, -0.15) is 0 Å². The summed E-state index contributed by atoms with van der Waals surface area (Å²) in [5.41, 5.74) is 1.78. The van der Waals surface area contributed by atoms with Crippen molar-refractivity contribution in [2.24, 2.45) is 0 Å². The molecular formula is C17H17N3O4. The maximum Gasteiger partial charge on any atom is 0.311 e. The Labute approximate surface area is 138 Å². The smallest absolute Gasteiger partial charge is 0.311 e. The molecule has 2 heterocycles. The van der Waals surface area contributed by atoms with E-state index in [9.17, 15) is 9.59 Å². The predicted molar refractivity (Wildman–Crippen MR) is 87.4 cm³/mol. The number of H-pyrrole nitrogens is 1. The van der Waals surface area contributed by atoms with Crippen molar-refractivity contribution in [1.29, 1.82) is 0 Å². The first kappa shape index (κ1) is 15.8. The molecule has 0 saturated carbocycles. The summed E-state index contributed by atoms with van der Waals surface area (Å²) in [6, 6.07) is 9.26. The number of nitrogens with one attached hydrogen (secondary N) is 2. The minimum atomic E-state index is -0.931. The third-order valence-corrected chi connectivity index (χ3v) is 3.57. The van der Waals surface area contributed by atoms with Crippen LogP contribution in [-0.2, 0) is 20.7 Å². The summed E-state index contributed by atoms with van der Waals surface area (Å²) in [6.07, 6.45) is 0.930. The van der Waals surface area contributed by atoms with E-state index in [-0.39, 0.29) is 12.2 Å². The van der Waals surface area contributed by atoms with Gasteiger partial charge in [0.25, 0.3) is 5.91 Å². The van der Waals surface area contributed by atoms with Crippen LogP contribution in [0.25, 0.3) is 10.9 Å². The lowest BCUT2D eigenvalue weighted by Crippen LogP contribution is -2.30. The summed E-state index contributed by atoms with van der Waals surface area (Å²) >= 11 is 0. The van der Waals surface area contributed by atoms with Crippen LogP contribution >= 0.6 is 0 Å². The van der Waals surface area contributed by atoms with Crippen LogP contribution in [0.3, 0.4) is 0 Å². The van der Waals surface area contributed by atoms with E-state index in [0.717, 1.165) is 16.5 Å². The lowest BCUT2D eigenvalue weighted by molar-refractivity contribution is -0.152. The van der Waals surface area contributed by atoms with Gasteiger partial charge in [0.1, 0.15) is 5.76 Å². The Morgan fingerprint density at radius 1 is 1.38 bits per heavy atom. The van der Waals surface area contributed by atoms with Crippen LogP contribution in [0.5, 0.6) is 0 Å². The van der Waals surface area contributed by atoms with Crippen LogP contribution in [0.4, 0.5) is 5.82 Å². The monoisotopic (exact) mass is 327 g/mol. The fourth-order valence-electron chi connectivity index (χ4n) is 2.38. The van der Waals surface area contributed by atoms with E-state index in [0.29, 0.717) is 5.76 Å². The number of carbonyl (C=O) groups excluding carboxylic acids is 2. The summed E-state index contributed by atoms with van der Waals surface area (Å²) in [7, 11) is 0. The molecule has 1 atom stereocenters. The third kappa shape index (κ3) is 3.45. The number of aromatic nitrogens is 2. The summed E-state index contributed by atoms with van der Waals surface area (Å²) in [5.74, 6) is -0.0689. The first-order chi connectivity index (χ1) is 11.5. The Balaban J connectivity index is 1.58. The highest BCUT2D eigenvalue weighted by Gasteiger charge is 2.20. The minimum absolute atomic E-state index is 0.0880. The van der Waals surface area contributed by atoms with Crippen molar-refractivity contribution in [2.45, 2.75) is 26.4 Å². The summed E-state index contributed by atoms with van der Waals surface area (Å²) in [5, 5.41) is 7.15. The van der Waals surface area contributed by atoms with Crippen LogP contribution in [0, 0.1) is 6.92 Å². The van der Waals surface area contributed by atoms with Crippen LogP contribution in [0.15, 0.2) is 41.1 Å². The number of hydrogen-bond donors (Lipinski definition) is 2. The van der Waals surface area contributed by atoms with Gasteiger partial charge < -0.3 is 19.6 Å². The van der Waals surface area contributed by atoms with E-state index >= 15 is 0 Å². The molecule has 7 heteroatoms. The number of amides is 1. The number of rotatable bonds is 5. The SMILES string of the molecule is Cc1cc(NC(=O)[C@@H](C)OC(=O)Cc2c[nH]c3ccccc23)no1. The van der Waals surface area contributed by atoms with Gasteiger partial charge >= 0.3 is 5.97 Å². The number of aryl methyl sites for hydroxylation is 1. The standard InChI is InChI=1S/C17H17N3O4/c1-10-7-15(20-24-10)19-17(22)11(2)23-16(21)8-12-9-18-14-6-4-3-5-13(12)14/h3-7,9,11,18H,8H2,1-2H3,(H,19,20,22)/t11-/m1/s1. The van der Waals surface area contributed by atoms with E-state index in [1.54, 1.807) is 19.2 Å². The molecule has 1 amide bonds. The number of hydrogen-bond acceptors (Lipinski definition) is 5. The lowest BCUT2D eigenvalue weighted by atomic mass is 10.1. The molecule has 0 aliphatic heterocycles. The number of aromatic amines is 1. The van der Waals surface area contributed by atoms with Crippen molar-refractivity contribution < 1.29 is 18.8 Å². The van der Waals surface area contributed by atoms with Gasteiger partial charge in [-0.1, -0.05) is 23.4 Å². The van der Waals surface area contributed by atoms with Gasteiger partial charge in [-0.3, -0.25) is 9.59 Å². The van der Waals surface area contributed by atoms with Gasteiger partial charge in [0.05, 0.1) is 6.42 Å². The van der Waals surface area contributed by atoms with Crippen LogP contribution < -0.4 is 5.32 Å². The number of ether oxygens (including phenoxy) is 1.